The molecule has 2 nitrogen and oxygen atoms in total. The van der Waals surface area contributed by atoms with Gasteiger partial charge in [-0.1, -0.05) is 30.3 Å². The van der Waals surface area contributed by atoms with Crippen LogP contribution in [0.5, 0.6) is 0 Å². The Kier molecular flexibility index (Phi) is 1.88. The van der Waals surface area contributed by atoms with Crippen LogP contribution < -0.4 is 15.8 Å². The van der Waals surface area contributed by atoms with Gasteiger partial charge in [-0.25, -0.2) is 0 Å². The molecule has 1 saturated heterocycles. The smallest absolute Gasteiger partial charge is 0.224 e. The molecule has 0 saturated carbocycles. The van der Waals surface area contributed by atoms with Crippen molar-refractivity contribution in [3.8, 4) is 0 Å². The summed E-state index contributed by atoms with van der Waals surface area (Å²) in [7, 11) is 0. The number of nitrogens with one attached hydrogen (secondary N) is 1. The second-order valence-electron chi connectivity index (χ2n) is 4.22. The summed E-state index contributed by atoms with van der Waals surface area (Å²) in [6.45, 7) is 0. The van der Waals surface area contributed by atoms with Gasteiger partial charge in [-0.05, 0) is 18.1 Å². The van der Waals surface area contributed by atoms with Crippen molar-refractivity contribution in [2.24, 2.45) is 5.92 Å². The Hall–Kier alpha value is -1.57. The Morgan fingerprint density at radius 3 is 3.07 bits per heavy atom. The van der Waals surface area contributed by atoms with Crippen molar-refractivity contribution in [2.45, 2.75) is 19.3 Å². The third-order valence-corrected chi connectivity index (χ3v) is 3.28. The Morgan fingerprint density at radius 1 is 1.27 bits per heavy atom. The lowest BCUT2D eigenvalue weighted by Crippen LogP contribution is -2.43. The molecule has 1 aromatic carbocycles. The predicted octanol–water partition coefficient (Wildman–Crippen LogP) is 0.505. The molecule has 1 aliphatic carbocycles. The van der Waals surface area contributed by atoms with E-state index in [1.807, 2.05) is 12.1 Å². The summed E-state index contributed by atoms with van der Waals surface area (Å²) in [6, 6.07) is 8.28. The number of fused-ring (bicyclic) bond motifs is 2. The minimum absolute atomic E-state index is 0.165. The van der Waals surface area contributed by atoms with Crippen LogP contribution in [0.2, 0.25) is 0 Å². The first kappa shape index (κ1) is 8.72. The summed E-state index contributed by atoms with van der Waals surface area (Å²) < 4.78 is 0. The van der Waals surface area contributed by atoms with Gasteiger partial charge in [-0.2, -0.15) is 0 Å². The van der Waals surface area contributed by atoms with E-state index in [0.29, 0.717) is 12.3 Å². The van der Waals surface area contributed by atoms with Gasteiger partial charge in [0.1, 0.15) is 0 Å². The fraction of sp³-hybridized carbons (Fsp3) is 0.308. The summed E-state index contributed by atoms with van der Waals surface area (Å²) in [5.41, 5.74) is 1.14. The van der Waals surface area contributed by atoms with E-state index in [1.165, 1.54) is 10.4 Å². The number of carbonyl (C=O) groups is 1. The van der Waals surface area contributed by atoms with Crippen LogP contribution in [0, 0.1) is 5.92 Å². The average Bonchev–Trinajstić information content (AvgIpc) is 2.29. The highest BCUT2D eigenvalue weighted by molar-refractivity contribution is 5.85. The fourth-order valence-corrected chi connectivity index (χ4v) is 2.48. The summed E-state index contributed by atoms with van der Waals surface area (Å²) in [4.78, 5) is 11.4. The first-order chi connectivity index (χ1) is 7.34. The minimum atomic E-state index is 0.165. The second-order valence-corrected chi connectivity index (χ2v) is 4.22. The number of hydrogen-bond donors (Lipinski definition) is 1. The van der Waals surface area contributed by atoms with Crippen molar-refractivity contribution in [2.75, 3.05) is 0 Å². The van der Waals surface area contributed by atoms with Crippen LogP contribution in [0.15, 0.2) is 24.3 Å². The van der Waals surface area contributed by atoms with E-state index in [4.69, 9.17) is 0 Å². The lowest BCUT2D eigenvalue weighted by molar-refractivity contribution is -0.121. The van der Waals surface area contributed by atoms with Gasteiger partial charge in [0.2, 0.25) is 5.91 Å². The molecular formula is C13H13NO. The molecule has 1 heterocycles. The normalized spacial score (nSPS) is 23.6. The Labute approximate surface area is 88.3 Å². The minimum Gasteiger partial charge on any atom is -0.329 e. The Bertz CT molecular complexity index is 530. The maximum atomic E-state index is 11.4. The molecule has 3 rings (SSSR count). The van der Waals surface area contributed by atoms with Crippen molar-refractivity contribution >= 4 is 17.7 Å². The molecule has 1 aliphatic heterocycles. The molecule has 76 valence electrons. The third kappa shape index (κ3) is 1.37. The molecule has 1 fully saturated rings. The molecule has 1 N–H and O–H groups in total. The molecule has 1 atom stereocenters. The summed E-state index contributed by atoms with van der Waals surface area (Å²) in [6.07, 6.45) is 5.00. The average molecular weight is 199 g/mol. The number of benzene rings is 1. The van der Waals surface area contributed by atoms with E-state index < -0.39 is 0 Å². The van der Waals surface area contributed by atoms with Crippen LogP contribution in [0.1, 0.15) is 19.3 Å². The maximum absolute atomic E-state index is 11.4. The van der Waals surface area contributed by atoms with Crippen LogP contribution in [0.25, 0.3) is 11.8 Å². The van der Waals surface area contributed by atoms with Gasteiger partial charge in [0.05, 0.1) is 0 Å². The van der Waals surface area contributed by atoms with Gasteiger partial charge in [-0.15, -0.1) is 0 Å². The van der Waals surface area contributed by atoms with Crippen LogP contribution in [0.4, 0.5) is 0 Å². The summed E-state index contributed by atoms with van der Waals surface area (Å²) >= 11 is 0. The number of amides is 1. The monoisotopic (exact) mass is 199 g/mol. The molecule has 0 radical (unpaired) electrons. The zero-order chi connectivity index (χ0) is 10.3. The molecule has 0 bridgehead atoms. The second kappa shape index (κ2) is 3.23. The quantitative estimate of drug-likeness (QED) is 0.648. The van der Waals surface area contributed by atoms with Crippen LogP contribution in [-0.2, 0) is 4.79 Å². The van der Waals surface area contributed by atoms with Gasteiger partial charge in [0.25, 0.3) is 0 Å². The van der Waals surface area contributed by atoms with E-state index >= 15 is 0 Å². The van der Waals surface area contributed by atoms with Crippen molar-refractivity contribution in [3.63, 3.8) is 0 Å². The van der Waals surface area contributed by atoms with Gasteiger partial charge < -0.3 is 5.32 Å². The van der Waals surface area contributed by atoms with Gasteiger partial charge in [-0.3, -0.25) is 4.79 Å². The van der Waals surface area contributed by atoms with Crippen LogP contribution in [-0.4, -0.2) is 5.91 Å². The lowest BCUT2D eigenvalue weighted by atomic mass is 9.87. The zero-order valence-electron chi connectivity index (χ0n) is 8.49. The zero-order valence-corrected chi connectivity index (χ0v) is 8.49. The molecule has 2 heteroatoms. The van der Waals surface area contributed by atoms with Crippen molar-refractivity contribution < 1.29 is 4.79 Å². The molecule has 1 aromatic rings. The highest BCUT2D eigenvalue weighted by Crippen LogP contribution is 2.25. The number of piperidine rings is 1. The number of carbonyl (C=O) groups excluding carboxylic acids is 1. The van der Waals surface area contributed by atoms with E-state index in [1.54, 1.807) is 0 Å². The van der Waals surface area contributed by atoms with Gasteiger partial charge >= 0.3 is 0 Å². The molecule has 0 spiro atoms. The van der Waals surface area contributed by atoms with E-state index in [9.17, 15) is 4.79 Å². The van der Waals surface area contributed by atoms with Crippen molar-refractivity contribution in [1.82, 2.24) is 5.32 Å². The van der Waals surface area contributed by atoms with Crippen LogP contribution in [0.3, 0.4) is 0 Å². The molecule has 1 unspecified atom stereocenters. The largest absolute Gasteiger partial charge is 0.329 e. The topological polar surface area (TPSA) is 29.1 Å². The highest BCUT2D eigenvalue weighted by Gasteiger charge is 2.24. The standard InChI is InChI=1S/C13H13NO/c15-12-8-7-10-6-5-9-3-1-2-4-11(9)13(10)14-12/h1-5,10H,6-8H2,(H,14,15). The maximum Gasteiger partial charge on any atom is 0.224 e. The number of hydrogen-bond acceptors (Lipinski definition) is 1. The fourth-order valence-electron chi connectivity index (χ4n) is 2.48. The molecule has 1 amide bonds. The van der Waals surface area contributed by atoms with Crippen molar-refractivity contribution in [3.05, 3.63) is 34.7 Å². The first-order valence-corrected chi connectivity index (χ1v) is 5.44. The molecule has 0 aromatic heterocycles. The van der Waals surface area contributed by atoms with E-state index in [0.717, 1.165) is 18.5 Å². The van der Waals surface area contributed by atoms with Crippen LogP contribution >= 0.6 is 0 Å². The van der Waals surface area contributed by atoms with Gasteiger partial charge in [0.15, 0.2) is 0 Å². The first-order valence-electron chi connectivity index (χ1n) is 5.44. The summed E-state index contributed by atoms with van der Waals surface area (Å²) in [5, 5.41) is 5.50. The number of rotatable bonds is 0. The van der Waals surface area contributed by atoms with E-state index in [-0.39, 0.29) is 5.91 Å². The molecule has 2 aliphatic rings. The predicted molar refractivity (Wildman–Crippen MR) is 59.0 cm³/mol. The van der Waals surface area contributed by atoms with Gasteiger partial charge in [0, 0.05) is 23.3 Å². The highest BCUT2D eigenvalue weighted by atomic mass is 16.1. The molecule has 15 heavy (non-hydrogen) atoms. The SMILES string of the molecule is O=C1CCC2CC=c3ccccc3=C2N1. The molecular weight excluding hydrogens is 186 g/mol. The van der Waals surface area contributed by atoms with Crippen molar-refractivity contribution in [1.29, 1.82) is 0 Å². The summed E-state index contributed by atoms with van der Waals surface area (Å²) in [5.74, 6) is 0.690. The van der Waals surface area contributed by atoms with E-state index in [2.05, 4.69) is 23.5 Å². The Morgan fingerprint density at radius 2 is 2.13 bits per heavy atom. The Balaban J connectivity index is 2.26. The lowest BCUT2D eigenvalue weighted by Gasteiger charge is -2.27. The third-order valence-electron chi connectivity index (χ3n) is 3.28.